The highest BCUT2D eigenvalue weighted by Crippen LogP contribution is 2.21. The average Bonchev–Trinajstić information content (AvgIpc) is 2.15. The molecule has 96 valence electrons. The summed E-state index contributed by atoms with van der Waals surface area (Å²) in [6.07, 6.45) is 7.64. The number of unbranched alkanes of at least 4 members (excludes halogenated alkanes) is 2. The minimum absolute atomic E-state index is 0.453. The molecule has 0 amide bonds. The van der Waals surface area contributed by atoms with Gasteiger partial charge in [0.15, 0.2) is 0 Å². The van der Waals surface area contributed by atoms with Crippen molar-refractivity contribution < 1.29 is 0 Å². The van der Waals surface area contributed by atoms with Crippen LogP contribution in [0.2, 0.25) is 0 Å². The maximum absolute atomic E-state index is 5.80. The predicted molar refractivity (Wildman–Crippen MR) is 71.4 cm³/mol. The number of nitrogens with two attached hydrogens (primary N) is 2. The minimum Gasteiger partial charge on any atom is -0.401 e. The van der Waals surface area contributed by atoms with Crippen LogP contribution in [0.3, 0.4) is 0 Å². The lowest BCUT2D eigenvalue weighted by Crippen LogP contribution is -2.27. The Bertz CT molecular complexity index is 204. The molecule has 3 heteroatoms. The van der Waals surface area contributed by atoms with Crippen molar-refractivity contribution in [2.24, 2.45) is 17.0 Å². The Morgan fingerprint density at radius 1 is 1.19 bits per heavy atom. The molecule has 0 spiro atoms. The number of nitrogens with zero attached hydrogens (tertiary/aromatic N) is 1. The van der Waals surface area contributed by atoms with Crippen LogP contribution < -0.4 is 11.6 Å². The molecule has 0 aliphatic carbocycles. The van der Waals surface area contributed by atoms with Gasteiger partial charge in [-0.1, -0.05) is 40.5 Å². The van der Waals surface area contributed by atoms with Crippen molar-refractivity contribution in [2.75, 3.05) is 6.54 Å². The molecule has 0 heterocycles. The lowest BCUT2D eigenvalue weighted by molar-refractivity contribution is 0.338. The first-order valence-corrected chi connectivity index (χ1v) is 6.32. The van der Waals surface area contributed by atoms with Crippen molar-refractivity contribution in [3.63, 3.8) is 0 Å². The molecule has 0 aliphatic rings. The Morgan fingerprint density at radius 2 is 1.81 bits per heavy atom. The molecule has 0 rings (SSSR count). The van der Waals surface area contributed by atoms with E-state index in [-0.39, 0.29) is 0 Å². The summed E-state index contributed by atoms with van der Waals surface area (Å²) in [5.74, 6) is 5.80. The van der Waals surface area contributed by atoms with E-state index in [0.29, 0.717) is 5.41 Å². The summed E-state index contributed by atoms with van der Waals surface area (Å²) >= 11 is 0. The van der Waals surface area contributed by atoms with Crippen LogP contribution in [0.15, 0.2) is 11.9 Å². The standard InChI is InChI=1S/C13H29N3/c1-5-12(14)11-16(15)10-8-6-7-9-13(2,3)4/h11H,5-10,14-15H2,1-4H3/b12-11-. The minimum atomic E-state index is 0.453. The Labute approximate surface area is 101 Å². The second kappa shape index (κ2) is 7.55. The summed E-state index contributed by atoms with van der Waals surface area (Å²) in [5.41, 5.74) is 7.00. The molecular weight excluding hydrogens is 198 g/mol. The van der Waals surface area contributed by atoms with Gasteiger partial charge >= 0.3 is 0 Å². The predicted octanol–water partition coefficient (Wildman–Crippen LogP) is 2.98. The average molecular weight is 227 g/mol. The monoisotopic (exact) mass is 227 g/mol. The van der Waals surface area contributed by atoms with E-state index in [1.165, 1.54) is 19.3 Å². The van der Waals surface area contributed by atoms with E-state index in [2.05, 4.69) is 20.8 Å². The van der Waals surface area contributed by atoms with Crippen LogP contribution in [0.1, 0.15) is 59.8 Å². The van der Waals surface area contributed by atoms with Gasteiger partial charge in [-0.2, -0.15) is 0 Å². The molecule has 0 unspecified atom stereocenters. The zero-order valence-corrected chi connectivity index (χ0v) is 11.4. The molecule has 0 aromatic heterocycles. The van der Waals surface area contributed by atoms with Gasteiger partial charge in [-0.3, -0.25) is 0 Å². The van der Waals surface area contributed by atoms with E-state index in [4.69, 9.17) is 11.6 Å². The van der Waals surface area contributed by atoms with Crippen LogP contribution in [-0.4, -0.2) is 11.6 Å². The normalized spacial score (nSPS) is 12.9. The van der Waals surface area contributed by atoms with E-state index < -0.39 is 0 Å². The highest BCUT2D eigenvalue weighted by Gasteiger charge is 2.08. The Balaban J connectivity index is 3.52. The molecule has 3 nitrogen and oxygen atoms in total. The number of hydrazine groups is 1. The zero-order chi connectivity index (χ0) is 12.6. The second-order valence-electron chi connectivity index (χ2n) is 5.67. The summed E-state index contributed by atoms with van der Waals surface area (Å²) in [5, 5.41) is 1.70. The van der Waals surface area contributed by atoms with Gasteiger partial charge in [0.2, 0.25) is 0 Å². The summed E-state index contributed by atoms with van der Waals surface area (Å²) in [6, 6.07) is 0. The van der Waals surface area contributed by atoms with Gasteiger partial charge in [0.1, 0.15) is 0 Å². The SMILES string of the molecule is CC/C(N)=C/N(N)CCCCCC(C)(C)C. The van der Waals surface area contributed by atoms with Crippen molar-refractivity contribution in [2.45, 2.75) is 59.8 Å². The molecule has 16 heavy (non-hydrogen) atoms. The molecule has 0 aliphatic heterocycles. The van der Waals surface area contributed by atoms with E-state index in [9.17, 15) is 0 Å². The summed E-state index contributed by atoms with van der Waals surface area (Å²) in [7, 11) is 0. The smallest absolute Gasteiger partial charge is 0.0342 e. The van der Waals surface area contributed by atoms with Crippen molar-refractivity contribution in [1.29, 1.82) is 0 Å². The summed E-state index contributed by atoms with van der Waals surface area (Å²) in [4.78, 5) is 0. The first kappa shape index (κ1) is 15.3. The Hall–Kier alpha value is -0.700. The van der Waals surface area contributed by atoms with Crippen molar-refractivity contribution in [3.05, 3.63) is 11.9 Å². The summed E-state index contributed by atoms with van der Waals surface area (Å²) in [6.45, 7) is 9.78. The van der Waals surface area contributed by atoms with Gasteiger partial charge < -0.3 is 10.7 Å². The largest absolute Gasteiger partial charge is 0.401 e. The lowest BCUT2D eigenvalue weighted by Gasteiger charge is -2.18. The Kier molecular flexibility index (Phi) is 7.22. The molecule has 0 aromatic rings. The number of rotatable bonds is 7. The van der Waals surface area contributed by atoms with E-state index in [0.717, 1.165) is 25.1 Å². The van der Waals surface area contributed by atoms with Crippen LogP contribution in [0.4, 0.5) is 0 Å². The molecular formula is C13H29N3. The third-order valence-corrected chi connectivity index (χ3v) is 2.58. The van der Waals surface area contributed by atoms with Crippen molar-refractivity contribution in [1.82, 2.24) is 5.01 Å². The molecule has 0 fully saturated rings. The fourth-order valence-electron chi connectivity index (χ4n) is 1.50. The van der Waals surface area contributed by atoms with Crippen LogP contribution in [0.25, 0.3) is 0 Å². The van der Waals surface area contributed by atoms with Gasteiger partial charge in [-0.25, -0.2) is 5.84 Å². The quantitative estimate of drug-likeness (QED) is 0.399. The van der Waals surface area contributed by atoms with Crippen LogP contribution in [-0.2, 0) is 0 Å². The van der Waals surface area contributed by atoms with Crippen molar-refractivity contribution in [3.8, 4) is 0 Å². The fraction of sp³-hybridized carbons (Fsp3) is 0.846. The molecule has 0 saturated heterocycles. The third-order valence-electron chi connectivity index (χ3n) is 2.58. The molecule has 0 aromatic carbocycles. The highest BCUT2D eigenvalue weighted by atomic mass is 15.4. The first-order valence-electron chi connectivity index (χ1n) is 6.32. The van der Waals surface area contributed by atoms with Gasteiger partial charge in [0, 0.05) is 18.4 Å². The first-order chi connectivity index (χ1) is 7.35. The molecule has 0 radical (unpaired) electrons. The van der Waals surface area contributed by atoms with Crippen molar-refractivity contribution >= 4 is 0 Å². The maximum atomic E-state index is 5.80. The highest BCUT2D eigenvalue weighted by molar-refractivity contribution is 4.93. The fourth-order valence-corrected chi connectivity index (χ4v) is 1.50. The van der Waals surface area contributed by atoms with E-state index in [1.807, 2.05) is 13.1 Å². The molecule has 0 atom stereocenters. The van der Waals surface area contributed by atoms with E-state index in [1.54, 1.807) is 5.01 Å². The molecule has 4 N–H and O–H groups in total. The topological polar surface area (TPSA) is 55.3 Å². The number of hydrogen-bond acceptors (Lipinski definition) is 3. The second-order valence-corrected chi connectivity index (χ2v) is 5.67. The molecule has 0 bridgehead atoms. The lowest BCUT2D eigenvalue weighted by atomic mass is 9.89. The van der Waals surface area contributed by atoms with Gasteiger partial charge in [-0.05, 0) is 24.7 Å². The Morgan fingerprint density at radius 3 is 2.31 bits per heavy atom. The van der Waals surface area contributed by atoms with Gasteiger partial charge in [-0.15, -0.1) is 0 Å². The van der Waals surface area contributed by atoms with E-state index >= 15 is 0 Å². The zero-order valence-electron chi connectivity index (χ0n) is 11.4. The van der Waals surface area contributed by atoms with Gasteiger partial charge in [0.25, 0.3) is 0 Å². The van der Waals surface area contributed by atoms with Crippen LogP contribution >= 0.6 is 0 Å². The molecule has 0 saturated carbocycles. The number of hydrogen-bond donors (Lipinski definition) is 2. The summed E-state index contributed by atoms with van der Waals surface area (Å²) < 4.78 is 0. The maximum Gasteiger partial charge on any atom is 0.0342 e. The van der Waals surface area contributed by atoms with Gasteiger partial charge in [0.05, 0.1) is 0 Å². The number of allylic oxidation sites excluding steroid dienone is 1. The third kappa shape index (κ3) is 9.84. The van der Waals surface area contributed by atoms with Crippen LogP contribution in [0.5, 0.6) is 0 Å². The van der Waals surface area contributed by atoms with Crippen LogP contribution in [0, 0.1) is 5.41 Å².